The van der Waals surface area contributed by atoms with E-state index in [-0.39, 0.29) is 23.2 Å². The maximum atomic E-state index is 12.6. The van der Waals surface area contributed by atoms with Gasteiger partial charge in [0.05, 0.1) is 11.1 Å². The largest absolute Gasteiger partial charge is 0.389 e. The molecule has 0 spiro atoms. The second kappa shape index (κ2) is 5.32. The molecule has 0 aliphatic carbocycles. The van der Waals surface area contributed by atoms with Crippen LogP contribution >= 0.6 is 12.2 Å². The molecule has 1 saturated heterocycles. The Morgan fingerprint density at radius 2 is 2.00 bits per heavy atom. The number of hydrogen-bond acceptors (Lipinski definition) is 3. The quantitative estimate of drug-likeness (QED) is 0.683. The highest BCUT2D eigenvalue weighted by atomic mass is 32.1. The summed E-state index contributed by atoms with van der Waals surface area (Å²) in [6, 6.07) is 6.95. The summed E-state index contributed by atoms with van der Waals surface area (Å²) in [6.45, 7) is 3.90. The average Bonchev–Trinajstić information content (AvgIpc) is 2.70. The summed E-state index contributed by atoms with van der Waals surface area (Å²) in [5, 5.41) is 0. The number of amides is 2. The molecule has 0 saturated carbocycles. The lowest BCUT2D eigenvalue weighted by Gasteiger charge is -2.23. The molecule has 1 aliphatic rings. The van der Waals surface area contributed by atoms with Crippen molar-refractivity contribution >= 4 is 34.7 Å². The van der Waals surface area contributed by atoms with E-state index in [4.69, 9.17) is 18.0 Å². The maximum Gasteiger partial charge on any atom is 0.240 e. The van der Waals surface area contributed by atoms with Crippen LogP contribution in [0.25, 0.3) is 0 Å². The van der Waals surface area contributed by atoms with E-state index >= 15 is 0 Å². The third-order valence-electron chi connectivity index (χ3n) is 4.14. The predicted octanol–water partition coefficient (Wildman–Crippen LogP) is 2.39. The van der Waals surface area contributed by atoms with Crippen LogP contribution in [0.2, 0.25) is 0 Å². The zero-order valence-electron chi connectivity index (χ0n) is 11.7. The number of imide groups is 1. The van der Waals surface area contributed by atoms with Crippen molar-refractivity contribution in [2.75, 3.05) is 4.90 Å². The second-order valence-electron chi connectivity index (χ2n) is 5.11. The fourth-order valence-electron chi connectivity index (χ4n) is 2.66. The van der Waals surface area contributed by atoms with Crippen LogP contribution in [0.15, 0.2) is 24.3 Å². The number of carbonyl (C=O) groups is 2. The lowest BCUT2D eigenvalue weighted by atomic mass is 9.81. The van der Waals surface area contributed by atoms with E-state index in [0.29, 0.717) is 24.1 Å². The summed E-state index contributed by atoms with van der Waals surface area (Å²) in [4.78, 5) is 26.4. The summed E-state index contributed by atoms with van der Waals surface area (Å²) in [6.07, 6.45) is 1.61. The first-order valence-corrected chi connectivity index (χ1v) is 7.13. The molecule has 106 valence electrons. The molecule has 1 aromatic rings. The number of hydrogen-bond donors (Lipinski definition) is 1. The molecule has 1 fully saturated rings. The molecule has 1 heterocycles. The molecule has 20 heavy (non-hydrogen) atoms. The fraction of sp³-hybridized carbons (Fsp3) is 0.400. The number of anilines is 1. The standard InChI is InChI=1S/C15H18N2O2S/c1-3-15(4-2)9-12(18)17(14(15)19)11-7-5-6-10(8-11)13(16)20/h5-8H,3-4,9H2,1-2H3,(H2,16,20). The average molecular weight is 290 g/mol. The molecule has 0 unspecified atom stereocenters. The predicted molar refractivity (Wildman–Crippen MR) is 82.5 cm³/mol. The van der Waals surface area contributed by atoms with Gasteiger partial charge in [-0.25, -0.2) is 0 Å². The zero-order chi connectivity index (χ0) is 14.9. The summed E-state index contributed by atoms with van der Waals surface area (Å²) in [7, 11) is 0. The third-order valence-corrected chi connectivity index (χ3v) is 4.37. The van der Waals surface area contributed by atoms with Gasteiger partial charge in [-0.15, -0.1) is 0 Å². The maximum absolute atomic E-state index is 12.6. The van der Waals surface area contributed by atoms with E-state index in [9.17, 15) is 9.59 Å². The van der Waals surface area contributed by atoms with Crippen LogP contribution < -0.4 is 10.6 Å². The fourth-order valence-corrected chi connectivity index (χ4v) is 2.78. The lowest BCUT2D eigenvalue weighted by molar-refractivity contribution is -0.126. The summed E-state index contributed by atoms with van der Waals surface area (Å²) in [5.74, 6) is -0.272. The number of rotatable bonds is 4. The Labute approximate surface area is 123 Å². The molecule has 0 bridgehead atoms. The van der Waals surface area contributed by atoms with Crippen LogP contribution in [0.1, 0.15) is 38.7 Å². The minimum atomic E-state index is -0.559. The lowest BCUT2D eigenvalue weighted by Crippen LogP contribution is -2.35. The van der Waals surface area contributed by atoms with Crippen LogP contribution in [0.4, 0.5) is 5.69 Å². The molecule has 0 aromatic heterocycles. The van der Waals surface area contributed by atoms with E-state index in [1.54, 1.807) is 24.3 Å². The van der Waals surface area contributed by atoms with Gasteiger partial charge >= 0.3 is 0 Å². The van der Waals surface area contributed by atoms with E-state index in [2.05, 4.69) is 0 Å². The van der Waals surface area contributed by atoms with Crippen LogP contribution in [0.3, 0.4) is 0 Å². The van der Waals surface area contributed by atoms with Crippen LogP contribution in [0.5, 0.6) is 0 Å². The first kappa shape index (κ1) is 14.7. The Bertz CT molecular complexity index is 579. The Kier molecular flexibility index (Phi) is 3.90. The minimum Gasteiger partial charge on any atom is -0.389 e. The topological polar surface area (TPSA) is 63.4 Å². The van der Waals surface area contributed by atoms with Crippen LogP contribution in [-0.2, 0) is 9.59 Å². The van der Waals surface area contributed by atoms with Crippen molar-refractivity contribution in [1.82, 2.24) is 0 Å². The number of nitrogens with two attached hydrogens (primary N) is 1. The minimum absolute atomic E-state index is 0.118. The van der Waals surface area contributed by atoms with Crippen LogP contribution in [-0.4, -0.2) is 16.8 Å². The molecule has 1 aliphatic heterocycles. The Morgan fingerprint density at radius 3 is 2.50 bits per heavy atom. The van der Waals surface area contributed by atoms with Gasteiger partial charge in [0, 0.05) is 12.0 Å². The molecule has 2 amide bonds. The first-order chi connectivity index (χ1) is 9.45. The summed E-state index contributed by atoms with van der Waals surface area (Å²) < 4.78 is 0. The molecule has 0 radical (unpaired) electrons. The van der Waals surface area contributed by atoms with Crippen molar-refractivity contribution in [3.63, 3.8) is 0 Å². The number of thiocarbonyl (C=S) groups is 1. The first-order valence-electron chi connectivity index (χ1n) is 6.72. The number of carbonyl (C=O) groups excluding carboxylic acids is 2. The van der Waals surface area contributed by atoms with Gasteiger partial charge in [0.15, 0.2) is 0 Å². The highest BCUT2D eigenvalue weighted by Crippen LogP contribution is 2.41. The van der Waals surface area contributed by atoms with Gasteiger partial charge in [0.25, 0.3) is 0 Å². The monoisotopic (exact) mass is 290 g/mol. The van der Waals surface area contributed by atoms with Crippen molar-refractivity contribution in [3.05, 3.63) is 29.8 Å². The van der Waals surface area contributed by atoms with Crippen molar-refractivity contribution in [1.29, 1.82) is 0 Å². The smallest absolute Gasteiger partial charge is 0.240 e. The molecule has 4 nitrogen and oxygen atoms in total. The van der Waals surface area contributed by atoms with Crippen molar-refractivity contribution < 1.29 is 9.59 Å². The number of benzene rings is 1. The molecular formula is C15H18N2O2S. The normalized spacial score (nSPS) is 17.6. The number of nitrogens with zero attached hydrogens (tertiary/aromatic N) is 1. The zero-order valence-corrected chi connectivity index (χ0v) is 12.5. The summed E-state index contributed by atoms with van der Waals surface area (Å²) >= 11 is 4.94. The highest BCUT2D eigenvalue weighted by molar-refractivity contribution is 7.80. The van der Waals surface area contributed by atoms with E-state index in [0.717, 1.165) is 0 Å². The third kappa shape index (κ3) is 2.22. The highest BCUT2D eigenvalue weighted by Gasteiger charge is 2.49. The van der Waals surface area contributed by atoms with Gasteiger partial charge in [-0.1, -0.05) is 38.2 Å². The molecule has 0 atom stereocenters. The summed E-state index contributed by atoms with van der Waals surface area (Å²) in [5.41, 5.74) is 6.25. The van der Waals surface area contributed by atoms with E-state index in [1.165, 1.54) is 4.90 Å². The second-order valence-corrected chi connectivity index (χ2v) is 5.55. The molecule has 2 N–H and O–H groups in total. The van der Waals surface area contributed by atoms with Gasteiger partial charge in [-0.05, 0) is 25.0 Å². The molecule has 5 heteroatoms. The Morgan fingerprint density at radius 1 is 1.35 bits per heavy atom. The van der Waals surface area contributed by atoms with Crippen molar-refractivity contribution in [2.24, 2.45) is 11.1 Å². The van der Waals surface area contributed by atoms with E-state index < -0.39 is 5.41 Å². The SMILES string of the molecule is CCC1(CC)CC(=O)N(c2cccc(C(N)=S)c2)C1=O. The van der Waals surface area contributed by atoms with Gasteiger partial charge in [0.2, 0.25) is 11.8 Å². The molecular weight excluding hydrogens is 272 g/mol. The molecule has 1 aromatic carbocycles. The van der Waals surface area contributed by atoms with Crippen molar-refractivity contribution in [2.45, 2.75) is 33.1 Å². The van der Waals surface area contributed by atoms with Gasteiger partial charge in [-0.3, -0.25) is 14.5 Å². The van der Waals surface area contributed by atoms with E-state index in [1.807, 2.05) is 13.8 Å². The Balaban J connectivity index is 2.43. The van der Waals surface area contributed by atoms with Gasteiger partial charge < -0.3 is 5.73 Å². The van der Waals surface area contributed by atoms with Gasteiger partial charge in [-0.2, -0.15) is 0 Å². The van der Waals surface area contributed by atoms with Gasteiger partial charge in [0.1, 0.15) is 4.99 Å². The molecule has 2 rings (SSSR count). The van der Waals surface area contributed by atoms with Crippen molar-refractivity contribution in [3.8, 4) is 0 Å². The van der Waals surface area contributed by atoms with Crippen LogP contribution in [0, 0.1) is 5.41 Å². The Hall–Kier alpha value is -1.75.